The number of likely N-dealkylation sites (tertiary alicyclic amines) is 1. The molecular weight excluding hydrogens is 382 g/mol. The quantitative estimate of drug-likeness (QED) is 0.713. The maximum absolute atomic E-state index is 13.4. The molecule has 2 N–H and O–H groups in total. The molecule has 0 radical (unpaired) electrons. The summed E-state index contributed by atoms with van der Waals surface area (Å²) in [5, 5.41) is 13.3. The van der Waals surface area contributed by atoms with Crippen LogP contribution in [-0.4, -0.2) is 63.5 Å². The van der Waals surface area contributed by atoms with Crippen molar-refractivity contribution in [1.82, 2.24) is 15.1 Å². The normalized spacial score (nSPS) is 22.0. The number of hydrogen-bond donors (Lipinski definition) is 2. The summed E-state index contributed by atoms with van der Waals surface area (Å²) >= 11 is 0. The molecule has 2 atom stereocenters. The highest BCUT2D eigenvalue weighted by Gasteiger charge is 2.55. The fourth-order valence-corrected chi connectivity index (χ4v) is 4.73. The lowest BCUT2D eigenvalue weighted by Crippen LogP contribution is -2.63. The van der Waals surface area contributed by atoms with Gasteiger partial charge in [0.05, 0.1) is 11.7 Å². The topological polar surface area (TPSA) is 89.9 Å². The van der Waals surface area contributed by atoms with E-state index in [1.165, 1.54) is 0 Å². The van der Waals surface area contributed by atoms with Crippen LogP contribution in [0.25, 0.3) is 0 Å². The molecule has 2 saturated heterocycles. The standard InChI is InChI=1S/C23H33N3O4/c1-4-19(22(29)30)26-21(28)18(15-17-8-6-5-7-9-17)24-23(26)10-12-25(13-11-23)20(27)14-16(2)3/h5-9,16,18-19,24H,4,10-15H2,1-3H3,(H,29,30). The van der Waals surface area contributed by atoms with Crippen LogP contribution in [0.3, 0.4) is 0 Å². The number of rotatable bonds is 7. The molecule has 0 bridgehead atoms. The van der Waals surface area contributed by atoms with E-state index < -0.39 is 23.7 Å². The number of nitrogens with zero attached hydrogens (tertiary/aromatic N) is 2. The molecule has 30 heavy (non-hydrogen) atoms. The molecule has 7 heteroatoms. The van der Waals surface area contributed by atoms with E-state index in [1.54, 1.807) is 11.8 Å². The fourth-order valence-electron chi connectivity index (χ4n) is 4.73. The summed E-state index contributed by atoms with van der Waals surface area (Å²) < 4.78 is 0. The first kappa shape index (κ1) is 22.3. The second kappa shape index (κ2) is 9.16. The zero-order valence-electron chi connectivity index (χ0n) is 18.1. The van der Waals surface area contributed by atoms with Gasteiger partial charge in [0.25, 0.3) is 0 Å². The van der Waals surface area contributed by atoms with Crippen molar-refractivity contribution in [3.63, 3.8) is 0 Å². The van der Waals surface area contributed by atoms with Crippen LogP contribution >= 0.6 is 0 Å². The monoisotopic (exact) mass is 415 g/mol. The molecule has 2 aliphatic heterocycles. The fraction of sp³-hybridized carbons (Fsp3) is 0.609. The Morgan fingerprint density at radius 3 is 2.37 bits per heavy atom. The van der Waals surface area contributed by atoms with Gasteiger partial charge in [-0.1, -0.05) is 51.1 Å². The number of carbonyl (C=O) groups is 3. The van der Waals surface area contributed by atoms with Gasteiger partial charge in [-0.05, 0) is 24.3 Å². The van der Waals surface area contributed by atoms with Crippen molar-refractivity contribution in [2.75, 3.05) is 13.1 Å². The SMILES string of the molecule is CCC(C(=O)O)N1C(=O)C(Cc2ccccc2)NC12CCN(C(=O)CC(C)C)CC2. The maximum Gasteiger partial charge on any atom is 0.326 e. The Morgan fingerprint density at radius 1 is 1.20 bits per heavy atom. The number of carboxylic acids is 1. The molecule has 2 fully saturated rings. The van der Waals surface area contributed by atoms with E-state index in [0.717, 1.165) is 5.56 Å². The smallest absolute Gasteiger partial charge is 0.326 e. The molecule has 2 amide bonds. The van der Waals surface area contributed by atoms with Gasteiger partial charge in [0.15, 0.2) is 0 Å². The Bertz CT molecular complexity index is 772. The number of nitrogens with one attached hydrogen (secondary N) is 1. The molecule has 2 heterocycles. The van der Waals surface area contributed by atoms with E-state index in [9.17, 15) is 19.5 Å². The van der Waals surface area contributed by atoms with Crippen LogP contribution in [-0.2, 0) is 20.8 Å². The van der Waals surface area contributed by atoms with Crippen molar-refractivity contribution in [1.29, 1.82) is 0 Å². The Kier molecular flexibility index (Phi) is 6.81. The maximum atomic E-state index is 13.4. The van der Waals surface area contributed by atoms with Gasteiger partial charge in [-0.3, -0.25) is 14.9 Å². The third kappa shape index (κ3) is 4.51. The van der Waals surface area contributed by atoms with Crippen molar-refractivity contribution >= 4 is 17.8 Å². The van der Waals surface area contributed by atoms with Crippen molar-refractivity contribution in [2.45, 2.75) is 70.6 Å². The van der Waals surface area contributed by atoms with E-state index in [1.807, 2.05) is 49.1 Å². The van der Waals surface area contributed by atoms with Gasteiger partial charge in [-0.2, -0.15) is 0 Å². The first-order chi connectivity index (χ1) is 14.3. The van der Waals surface area contributed by atoms with Gasteiger partial charge in [-0.15, -0.1) is 0 Å². The van der Waals surface area contributed by atoms with Crippen molar-refractivity contribution in [2.24, 2.45) is 5.92 Å². The Hall–Kier alpha value is -2.41. The minimum absolute atomic E-state index is 0.127. The number of piperidine rings is 1. The summed E-state index contributed by atoms with van der Waals surface area (Å²) in [6.45, 7) is 6.89. The van der Waals surface area contributed by atoms with Crippen LogP contribution in [0, 0.1) is 5.92 Å². The summed E-state index contributed by atoms with van der Waals surface area (Å²) in [5.41, 5.74) is 0.317. The van der Waals surface area contributed by atoms with E-state index in [2.05, 4.69) is 5.32 Å². The van der Waals surface area contributed by atoms with Crippen LogP contribution in [0.4, 0.5) is 0 Å². The number of hydrogen-bond acceptors (Lipinski definition) is 4. The predicted octanol–water partition coefficient (Wildman–Crippen LogP) is 2.26. The first-order valence-corrected chi connectivity index (χ1v) is 10.9. The number of carboxylic acid groups (broad SMARTS) is 1. The number of benzene rings is 1. The molecule has 0 aliphatic carbocycles. The molecule has 1 aromatic carbocycles. The second-order valence-electron chi connectivity index (χ2n) is 8.87. The number of aliphatic carboxylic acids is 1. The third-order valence-corrected chi connectivity index (χ3v) is 6.23. The van der Waals surface area contributed by atoms with E-state index in [4.69, 9.17) is 0 Å². The molecule has 3 rings (SSSR count). The van der Waals surface area contributed by atoms with Crippen molar-refractivity contribution < 1.29 is 19.5 Å². The molecule has 2 unspecified atom stereocenters. The van der Waals surface area contributed by atoms with Gasteiger partial charge in [-0.25, -0.2) is 4.79 Å². The molecular formula is C23H33N3O4. The molecule has 1 spiro atoms. The predicted molar refractivity (Wildman–Crippen MR) is 114 cm³/mol. The van der Waals surface area contributed by atoms with Gasteiger partial charge in [0.2, 0.25) is 11.8 Å². The molecule has 7 nitrogen and oxygen atoms in total. The lowest BCUT2D eigenvalue weighted by atomic mass is 9.93. The largest absolute Gasteiger partial charge is 0.480 e. The lowest BCUT2D eigenvalue weighted by Gasteiger charge is -2.46. The molecule has 164 valence electrons. The Balaban J connectivity index is 1.82. The highest BCUT2D eigenvalue weighted by molar-refractivity contribution is 5.90. The average Bonchev–Trinajstić information content (AvgIpc) is 2.95. The molecule has 2 aliphatic rings. The first-order valence-electron chi connectivity index (χ1n) is 10.9. The van der Waals surface area contributed by atoms with E-state index in [0.29, 0.717) is 51.1 Å². The summed E-state index contributed by atoms with van der Waals surface area (Å²) in [4.78, 5) is 41.2. The summed E-state index contributed by atoms with van der Waals surface area (Å²) in [6, 6.07) is 8.43. The van der Waals surface area contributed by atoms with Crippen LogP contribution in [0.5, 0.6) is 0 Å². The minimum atomic E-state index is -0.981. The van der Waals surface area contributed by atoms with Gasteiger partial charge < -0.3 is 14.9 Å². The average molecular weight is 416 g/mol. The lowest BCUT2D eigenvalue weighted by molar-refractivity contribution is -0.155. The molecule has 0 aromatic heterocycles. The van der Waals surface area contributed by atoms with Crippen LogP contribution in [0.2, 0.25) is 0 Å². The van der Waals surface area contributed by atoms with Crippen LogP contribution in [0.15, 0.2) is 30.3 Å². The number of amides is 2. The van der Waals surface area contributed by atoms with E-state index >= 15 is 0 Å². The Morgan fingerprint density at radius 2 is 1.83 bits per heavy atom. The highest BCUT2D eigenvalue weighted by Crippen LogP contribution is 2.36. The minimum Gasteiger partial charge on any atom is -0.480 e. The van der Waals surface area contributed by atoms with Crippen LogP contribution in [0.1, 0.15) is 52.0 Å². The van der Waals surface area contributed by atoms with Crippen molar-refractivity contribution in [3.8, 4) is 0 Å². The van der Waals surface area contributed by atoms with Crippen molar-refractivity contribution in [3.05, 3.63) is 35.9 Å². The highest BCUT2D eigenvalue weighted by atomic mass is 16.4. The second-order valence-corrected chi connectivity index (χ2v) is 8.87. The summed E-state index contributed by atoms with van der Waals surface area (Å²) in [5.74, 6) is -0.717. The zero-order chi connectivity index (χ0) is 21.9. The molecule has 0 saturated carbocycles. The third-order valence-electron chi connectivity index (χ3n) is 6.23. The van der Waals surface area contributed by atoms with Gasteiger partial charge in [0, 0.05) is 32.4 Å². The van der Waals surface area contributed by atoms with Gasteiger partial charge >= 0.3 is 5.97 Å². The number of carbonyl (C=O) groups excluding carboxylic acids is 2. The Labute approximate surface area is 178 Å². The molecule has 1 aromatic rings. The zero-order valence-corrected chi connectivity index (χ0v) is 18.1. The van der Waals surface area contributed by atoms with Gasteiger partial charge in [0.1, 0.15) is 6.04 Å². The summed E-state index contributed by atoms with van der Waals surface area (Å²) in [7, 11) is 0. The summed E-state index contributed by atoms with van der Waals surface area (Å²) in [6.07, 6.45) is 2.45. The van der Waals surface area contributed by atoms with Crippen LogP contribution < -0.4 is 5.32 Å². The van der Waals surface area contributed by atoms with E-state index in [-0.39, 0.29) is 11.8 Å².